The molecule has 2 aromatic rings. The molecule has 1 unspecified atom stereocenters. The van der Waals surface area contributed by atoms with Gasteiger partial charge in [-0.3, -0.25) is 14.3 Å². The van der Waals surface area contributed by atoms with Gasteiger partial charge in [-0.1, -0.05) is 26.0 Å². The molecule has 1 atom stereocenters. The molecule has 1 aromatic heterocycles. The normalized spacial score (nSPS) is 18.1. The molecule has 2 heterocycles. The first-order valence-electron chi connectivity index (χ1n) is 9.23. The van der Waals surface area contributed by atoms with Crippen molar-refractivity contribution < 1.29 is 14.0 Å². The van der Waals surface area contributed by atoms with Gasteiger partial charge in [0, 0.05) is 38.4 Å². The molecule has 1 saturated heterocycles. The fourth-order valence-electron chi connectivity index (χ4n) is 3.40. The molecular formula is C20H25FN4O2. The Balaban J connectivity index is 1.75. The maximum Gasteiger partial charge on any atom is 0.244 e. The second-order valence-electron chi connectivity index (χ2n) is 7.25. The van der Waals surface area contributed by atoms with Crippen LogP contribution in [0.25, 0.3) is 0 Å². The first-order chi connectivity index (χ1) is 12.9. The smallest absolute Gasteiger partial charge is 0.244 e. The summed E-state index contributed by atoms with van der Waals surface area (Å²) < 4.78 is 14.8. The second-order valence-corrected chi connectivity index (χ2v) is 7.25. The molecule has 0 saturated carbocycles. The van der Waals surface area contributed by atoms with Crippen molar-refractivity contribution in [2.24, 2.45) is 5.92 Å². The Kier molecular flexibility index (Phi) is 5.88. The number of amides is 2. The number of benzene rings is 1. The Bertz CT molecular complexity index is 774. The zero-order valence-corrected chi connectivity index (χ0v) is 15.7. The summed E-state index contributed by atoms with van der Waals surface area (Å²) in [5, 5.41) is 4.08. The van der Waals surface area contributed by atoms with Crippen LogP contribution in [0.5, 0.6) is 0 Å². The van der Waals surface area contributed by atoms with Crippen LogP contribution < -0.4 is 0 Å². The minimum atomic E-state index is -0.295. The molecule has 2 amide bonds. The lowest BCUT2D eigenvalue weighted by Crippen LogP contribution is -2.47. The van der Waals surface area contributed by atoms with Gasteiger partial charge >= 0.3 is 0 Å². The number of carbonyl (C=O) groups is 2. The highest BCUT2D eigenvalue weighted by molar-refractivity contribution is 5.80. The minimum Gasteiger partial charge on any atom is -0.338 e. The van der Waals surface area contributed by atoms with Gasteiger partial charge in [0.2, 0.25) is 11.8 Å². The molecule has 0 bridgehead atoms. The summed E-state index contributed by atoms with van der Waals surface area (Å²) in [6.45, 7) is 5.59. The maximum atomic E-state index is 13.2. The molecule has 27 heavy (non-hydrogen) atoms. The summed E-state index contributed by atoms with van der Waals surface area (Å²) in [5.74, 6) is -0.127. The number of rotatable bonds is 5. The topological polar surface area (TPSA) is 58.4 Å². The van der Waals surface area contributed by atoms with Crippen LogP contribution >= 0.6 is 0 Å². The lowest BCUT2D eigenvalue weighted by atomic mass is 10.0. The number of hydrogen-bond acceptors (Lipinski definition) is 3. The average Bonchev–Trinajstić information content (AvgIpc) is 3.08. The van der Waals surface area contributed by atoms with E-state index < -0.39 is 0 Å². The Morgan fingerprint density at radius 3 is 2.67 bits per heavy atom. The van der Waals surface area contributed by atoms with Crippen LogP contribution in [-0.4, -0.2) is 50.5 Å². The highest BCUT2D eigenvalue weighted by Gasteiger charge is 2.33. The number of halogens is 1. The fraction of sp³-hybridized carbons (Fsp3) is 0.450. The Labute approximate surface area is 158 Å². The molecule has 6 nitrogen and oxygen atoms in total. The quantitative estimate of drug-likeness (QED) is 0.809. The van der Waals surface area contributed by atoms with E-state index in [2.05, 4.69) is 18.9 Å². The molecule has 1 aromatic carbocycles. The predicted molar refractivity (Wildman–Crippen MR) is 99.0 cm³/mol. The zero-order valence-electron chi connectivity index (χ0n) is 15.7. The van der Waals surface area contributed by atoms with Crippen LogP contribution in [-0.2, 0) is 22.7 Å². The first kappa shape index (κ1) is 19.1. The molecule has 3 rings (SSSR count). The van der Waals surface area contributed by atoms with E-state index in [4.69, 9.17) is 0 Å². The summed E-state index contributed by atoms with van der Waals surface area (Å²) in [6.07, 6.45) is 3.68. The molecule has 0 N–H and O–H groups in total. The summed E-state index contributed by atoms with van der Waals surface area (Å²) in [6, 6.07) is 7.90. The highest BCUT2D eigenvalue weighted by Crippen LogP contribution is 2.21. The van der Waals surface area contributed by atoms with Crippen molar-refractivity contribution in [3.05, 3.63) is 54.1 Å². The number of aromatic nitrogens is 2. The molecule has 144 valence electrons. The average molecular weight is 372 g/mol. The van der Waals surface area contributed by atoms with Crippen molar-refractivity contribution in [3.63, 3.8) is 0 Å². The number of carbonyl (C=O) groups excluding carboxylic acids is 2. The number of nitrogens with zero attached hydrogens (tertiary/aromatic N) is 4. The Morgan fingerprint density at radius 2 is 2.04 bits per heavy atom. The lowest BCUT2D eigenvalue weighted by molar-refractivity contribution is -0.134. The van der Waals surface area contributed by atoms with E-state index in [9.17, 15) is 14.0 Å². The van der Waals surface area contributed by atoms with Crippen molar-refractivity contribution in [1.82, 2.24) is 19.6 Å². The second kappa shape index (κ2) is 8.33. The van der Waals surface area contributed by atoms with E-state index in [1.54, 1.807) is 40.2 Å². The summed E-state index contributed by atoms with van der Waals surface area (Å²) in [4.78, 5) is 29.1. The molecule has 1 aliphatic rings. The molecule has 7 heteroatoms. The summed E-state index contributed by atoms with van der Waals surface area (Å²) in [7, 11) is 0. The van der Waals surface area contributed by atoms with Gasteiger partial charge in [-0.25, -0.2) is 4.39 Å². The zero-order chi connectivity index (χ0) is 19.4. The van der Waals surface area contributed by atoms with Gasteiger partial charge < -0.3 is 9.80 Å². The van der Waals surface area contributed by atoms with Crippen molar-refractivity contribution >= 4 is 11.8 Å². The van der Waals surface area contributed by atoms with Gasteiger partial charge in [0.1, 0.15) is 12.4 Å². The van der Waals surface area contributed by atoms with E-state index in [0.29, 0.717) is 19.6 Å². The van der Waals surface area contributed by atoms with Crippen molar-refractivity contribution in [1.29, 1.82) is 0 Å². The van der Waals surface area contributed by atoms with Crippen LogP contribution in [0.3, 0.4) is 0 Å². The van der Waals surface area contributed by atoms with E-state index in [0.717, 1.165) is 5.56 Å². The third-order valence-corrected chi connectivity index (χ3v) is 4.97. The third-order valence-electron chi connectivity index (χ3n) is 4.97. The van der Waals surface area contributed by atoms with Gasteiger partial charge in [-0.05, 0) is 29.7 Å². The summed E-state index contributed by atoms with van der Waals surface area (Å²) >= 11 is 0. The predicted octanol–water partition coefficient (Wildman–Crippen LogP) is 2.31. The monoisotopic (exact) mass is 372 g/mol. The van der Waals surface area contributed by atoms with Crippen LogP contribution in [0.15, 0.2) is 42.7 Å². The SMILES string of the molecule is CC(C)C1CN(C(=O)Cn2cccn2)CCC(=O)N1Cc1ccc(F)cc1. The molecule has 1 fully saturated rings. The van der Waals surface area contributed by atoms with Crippen LogP contribution in [0.4, 0.5) is 4.39 Å². The van der Waals surface area contributed by atoms with Crippen LogP contribution in [0.2, 0.25) is 0 Å². The Morgan fingerprint density at radius 1 is 1.30 bits per heavy atom. The Hall–Kier alpha value is -2.70. The lowest BCUT2D eigenvalue weighted by Gasteiger charge is -2.34. The van der Waals surface area contributed by atoms with Crippen molar-refractivity contribution in [2.75, 3.05) is 13.1 Å². The van der Waals surface area contributed by atoms with Gasteiger partial charge in [0.15, 0.2) is 0 Å². The highest BCUT2D eigenvalue weighted by atomic mass is 19.1. The number of hydrogen-bond donors (Lipinski definition) is 0. The molecule has 0 radical (unpaired) electrons. The van der Waals surface area contributed by atoms with Gasteiger partial charge in [0.25, 0.3) is 0 Å². The van der Waals surface area contributed by atoms with E-state index in [1.165, 1.54) is 12.1 Å². The largest absolute Gasteiger partial charge is 0.338 e. The molecule has 1 aliphatic heterocycles. The standard InChI is InChI=1S/C20H25FN4O2/c1-15(2)18-13-23(20(27)14-24-10-3-9-22-24)11-8-19(26)25(18)12-16-4-6-17(21)7-5-16/h3-7,9-10,15,18H,8,11-14H2,1-2H3. The van der Waals surface area contributed by atoms with Crippen LogP contribution in [0, 0.1) is 11.7 Å². The van der Waals surface area contributed by atoms with Crippen LogP contribution in [0.1, 0.15) is 25.8 Å². The maximum absolute atomic E-state index is 13.2. The van der Waals surface area contributed by atoms with Gasteiger partial charge in [-0.2, -0.15) is 5.10 Å². The van der Waals surface area contributed by atoms with E-state index in [-0.39, 0.29) is 42.6 Å². The molecule has 0 spiro atoms. The van der Waals surface area contributed by atoms with E-state index >= 15 is 0 Å². The molecular weight excluding hydrogens is 347 g/mol. The third kappa shape index (κ3) is 4.72. The van der Waals surface area contributed by atoms with E-state index in [1.807, 2.05) is 4.90 Å². The van der Waals surface area contributed by atoms with Gasteiger partial charge in [-0.15, -0.1) is 0 Å². The summed E-state index contributed by atoms with van der Waals surface area (Å²) in [5.41, 5.74) is 0.881. The fourth-order valence-corrected chi connectivity index (χ4v) is 3.40. The first-order valence-corrected chi connectivity index (χ1v) is 9.23. The van der Waals surface area contributed by atoms with Gasteiger partial charge in [0.05, 0.1) is 6.04 Å². The van der Waals surface area contributed by atoms with Crippen molar-refractivity contribution in [2.45, 2.75) is 39.4 Å². The van der Waals surface area contributed by atoms with Crippen molar-refractivity contribution in [3.8, 4) is 0 Å². The molecule has 0 aliphatic carbocycles. The minimum absolute atomic E-state index is 0.0208.